The Labute approximate surface area is 182 Å². The highest BCUT2D eigenvalue weighted by Crippen LogP contribution is 2.64. The van der Waals surface area contributed by atoms with E-state index in [2.05, 4.69) is 43.4 Å². The number of amides is 1. The lowest BCUT2D eigenvalue weighted by Gasteiger charge is -2.66. The molecule has 0 aromatic heterocycles. The molecule has 3 saturated carbocycles. The first kappa shape index (κ1) is 20.1. The van der Waals surface area contributed by atoms with E-state index in [-0.39, 0.29) is 23.9 Å². The zero-order chi connectivity index (χ0) is 22.0. The third-order valence-corrected chi connectivity index (χ3v) is 8.45. The Morgan fingerprint density at radius 2 is 1.58 bits per heavy atom. The molecule has 3 fully saturated rings. The van der Waals surface area contributed by atoms with Crippen molar-refractivity contribution in [1.29, 1.82) is 0 Å². The summed E-state index contributed by atoms with van der Waals surface area (Å²) in [6, 6.07) is 16.4. The molecule has 2 N–H and O–H groups in total. The number of fused-ring (bicyclic) bond motifs is 5. The summed E-state index contributed by atoms with van der Waals surface area (Å²) in [5.74, 6) is -0.926. The number of hydrogen-bond acceptors (Lipinski definition) is 3. The zero-order valence-electron chi connectivity index (χ0n) is 18.2. The van der Waals surface area contributed by atoms with E-state index in [9.17, 15) is 14.7 Å². The van der Waals surface area contributed by atoms with Gasteiger partial charge in [-0.1, -0.05) is 62.4 Å². The number of carboxylic acid groups (broad SMARTS) is 1. The van der Waals surface area contributed by atoms with Crippen LogP contribution in [0, 0.1) is 23.2 Å². The minimum absolute atomic E-state index is 0.0166. The lowest BCUT2D eigenvalue weighted by Crippen LogP contribution is -2.71. The third-order valence-electron chi connectivity index (χ3n) is 8.45. The van der Waals surface area contributed by atoms with Crippen LogP contribution in [-0.2, 0) is 9.53 Å². The van der Waals surface area contributed by atoms with Crippen LogP contribution in [0.4, 0.5) is 4.79 Å². The van der Waals surface area contributed by atoms with Crippen molar-refractivity contribution in [1.82, 2.24) is 5.32 Å². The lowest BCUT2D eigenvalue weighted by molar-refractivity contribution is -0.177. The second-order valence-electron chi connectivity index (χ2n) is 10.2. The van der Waals surface area contributed by atoms with Gasteiger partial charge in [-0.3, -0.25) is 4.79 Å². The van der Waals surface area contributed by atoms with Gasteiger partial charge in [-0.15, -0.1) is 0 Å². The molecule has 4 aliphatic carbocycles. The Hall–Kier alpha value is -2.82. The number of nitrogens with one attached hydrogen (secondary N) is 1. The van der Waals surface area contributed by atoms with Gasteiger partial charge in [0.1, 0.15) is 6.61 Å². The van der Waals surface area contributed by atoms with Crippen molar-refractivity contribution in [2.75, 3.05) is 6.61 Å². The zero-order valence-corrected chi connectivity index (χ0v) is 18.2. The normalized spacial score (nSPS) is 30.0. The van der Waals surface area contributed by atoms with Crippen LogP contribution in [0.25, 0.3) is 11.1 Å². The highest BCUT2D eigenvalue weighted by molar-refractivity contribution is 5.79. The van der Waals surface area contributed by atoms with Gasteiger partial charge >= 0.3 is 12.1 Å². The molecule has 6 rings (SSSR count). The van der Waals surface area contributed by atoms with Crippen molar-refractivity contribution in [2.24, 2.45) is 23.2 Å². The van der Waals surface area contributed by atoms with Gasteiger partial charge in [-0.25, -0.2) is 4.79 Å². The highest BCUT2D eigenvalue weighted by Gasteiger charge is 2.65. The molecule has 0 saturated heterocycles. The minimum atomic E-state index is -0.841. The van der Waals surface area contributed by atoms with Crippen LogP contribution in [0.1, 0.15) is 50.7 Å². The predicted molar refractivity (Wildman–Crippen MR) is 118 cm³/mol. The van der Waals surface area contributed by atoms with Crippen LogP contribution in [0.3, 0.4) is 0 Å². The van der Waals surface area contributed by atoms with E-state index in [0.717, 1.165) is 17.5 Å². The Morgan fingerprint density at radius 3 is 2.13 bits per heavy atom. The third kappa shape index (κ3) is 2.89. The first-order valence-electron chi connectivity index (χ1n) is 11.1. The fourth-order valence-electron chi connectivity index (χ4n) is 6.59. The average Bonchev–Trinajstić information content (AvgIpc) is 3.05. The highest BCUT2D eigenvalue weighted by atomic mass is 16.5. The molecule has 2 aromatic carbocycles. The molecule has 5 heteroatoms. The van der Waals surface area contributed by atoms with Gasteiger partial charge in [0.25, 0.3) is 0 Å². The van der Waals surface area contributed by atoms with Crippen molar-refractivity contribution >= 4 is 12.1 Å². The maximum Gasteiger partial charge on any atom is 0.407 e. The number of hydrogen-bond donors (Lipinski definition) is 2. The van der Waals surface area contributed by atoms with Gasteiger partial charge in [0.15, 0.2) is 0 Å². The fourth-order valence-corrected chi connectivity index (χ4v) is 6.59. The van der Waals surface area contributed by atoms with Gasteiger partial charge in [0.05, 0.1) is 11.5 Å². The van der Waals surface area contributed by atoms with Gasteiger partial charge in [0.2, 0.25) is 0 Å². The van der Waals surface area contributed by atoms with Crippen LogP contribution in [0.15, 0.2) is 48.5 Å². The van der Waals surface area contributed by atoms with Crippen LogP contribution in [0.5, 0.6) is 0 Å². The standard InChI is InChI=1S/C26H29NO4/c1-25(2)15-12-21(23(28)29)26(3,22(25)13-15)27-24(30)31-14-20-18-10-6-4-8-16(18)17-9-5-7-11-19(17)20/h4-11,15,20-22H,12-14H2,1-3H3,(H,27,30)(H,28,29). The van der Waals surface area contributed by atoms with Gasteiger partial charge in [-0.2, -0.15) is 0 Å². The summed E-state index contributed by atoms with van der Waals surface area (Å²) in [7, 11) is 0. The predicted octanol–water partition coefficient (Wildman–Crippen LogP) is 5.05. The summed E-state index contributed by atoms with van der Waals surface area (Å²) in [5.41, 5.74) is 3.89. The summed E-state index contributed by atoms with van der Waals surface area (Å²) >= 11 is 0. The molecule has 4 aliphatic rings. The topological polar surface area (TPSA) is 75.6 Å². The number of carboxylic acids is 1. The molecule has 0 spiro atoms. The quantitative estimate of drug-likeness (QED) is 0.727. The number of alkyl carbamates (subject to hydrolysis) is 1. The maximum absolute atomic E-state index is 12.9. The second kappa shape index (κ2) is 6.84. The number of carbonyl (C=O) groups is 2. The molecule has 4 atom stereocenters. The first-order valence-corrected chi connectivity index (χ1v) is 11.1. The first-order chi connectivity index (χ1) is 14.7. The van der Waals surface area contributed by atoms with Crippen molar-refractivity contribution < 1.29 is 19.4 Å². The molecule has 0 radical (unpaired) electrons. The Morgan fingerprint density at radius 1 is 1.00 bits per heavy atom. The van der Waals surface area contributed by atoms with Crippen molar-refractivity contribution in [3.05, 3.63) is 59.7 Å². The van der Waals surface area contributed by atoms with Crippen LogP contribution >= 0.6 is 0 Å². The smallest absolute Gasteiger partial charge is 0.407 e. The van der Waals surface area contributed by atoms with Crippen molar-refractivity contribution in [3.63, 3.8) is 0 Å². The van der Waals surface area contributed by atoms with Crippen molar-refractivity contribution in [3.8, 4) is 11.1 Å². The van der Waals surface area contributed by atoms with Gasteiger partial charge < -0.3 is 15.2 Å². The summed E-state index contributed by atoms with van der Waals surface area (Å²) in [5, 5.41) is 12.8. The molecule has 31 heavy (non-hydrogen) atoms. The minimum Gasteiger partial charge on any atom is -0.481 e. The van der Waals surface area contributed by atoms with E-state index >= 15 is 0 Å². The van der Waals surface area contributed by atoms with E-state index in [0.29, 0.717) is 12.3 Å². The number of benzene rings is 2. The molecule has 5 nitrogen and oxygen atoms in total. The summed E-state index contributed by atoms with van der Waals surface area (Å²) in [4.78, 5) is 24.9. The molecule has 4 unspecified atom stereocenters. The van der Waals surface area contributed by atoms with E-state index in [1.807, 2.05) is 31.2 Å². The van der Waals surface area contributed by atoms with E-state index in [1.54, 1.807) is 0 Å². The fraction of sp³-hybridized carbons (Fsp3) is 0.462. The van der Waals surface area contributed by atoms with Gasteiger partial charge in [0, 0.05) is 5.92 Å². The molecule has 2 aromatic rings. The average molecular weight is 420 g/mol. The number of aliphatic carboxylic acids is 1. The number of rotatable bonds is 4. The monoisotopic (exact) mass is 419 g/mol. The van der Waals surface area contributed by atoms with E-state index in [4.69, 9.17) is 4.74 Å². The number of carbonyl (C=O) groups excluding carboxylic acids is 1. The number of ether oxygens (including phenoxy) is 1. The Kier molecular flexibility index (Phi) is 4.44. The summed E-state index contributed by atoms with van der Waals surface area (Å²) in [6.07, 6.45) is 1.02. The van der Waals surface area contributed by atoms with Crippen LogP contribution in [0.2, 0.25) is 0 Å². The molecule has 0 aliphatic heterocycles. The van der Waals surface area contributed by atoms with Crippen molar-refractivity contribution in [2.45, 2.75) is 45.1 Å². The molecule has 162 valence electrons. The Bertz CT molecular complexity index is 1020. The molecule has 1 amide bonds. The molecular weight excluding hydrogens is 390 g/mol. The molecule has 2 bridgehead atoms. The summed E-state index contributed by atoms with van der Waals surface area (Å²) < 4.78 is 5.73. The van der Waals surface area contributed by atoms with Crippen LogP contribution in [-0.4, -0.2) is 29.3 Å². The van der Waals surface area contributed by atoms with Gasteiger partial charge in [-0.05, 0) is 59.3 Å². The SMILES string of the molecule is CC1(C)C2CC(C(=O)O)C(C)(NC(=O)OCC3c4ccccc4-c4ccccc43)C1C2. The van der Waals surface area contributed by atoms with E-state index < -0.39 is 23.5 Å². The maximum atomic E-state index is 12.9. The van der Waals surface area contributed by atoms with Crippen LogP contribution < -0.4 is 5.32 Å². The second-order valence-corrected chi connectivity index (χ2v) is 10.2. The van der Waals surface area contributed by atoms with E-state index in [1.165, 1.54) is 11.1 Å². The Balaban J connectivity index is 1.34. The molecule has 0 heterocycles. The lowest BCUT2D eigenvalue weighted by atomic mass is 9.41. The largest absolute Gasteiger partial charge is 0.481 e. The molecular formula is C26H29NO4. The summed E-state index contributed by atoms with van der Waals surface area (Å²) in [6.45, 7) is 6.47.